The van der Waals surface area contributed by atoms with Gasteiger partial charge < -0.3 is 44.9 Å². The molecule has 290 valence electrons. The number of nitrogens with two attached hydrogens (primary N) is 1. The van der Waals surface area contributed by atoms with Gasteiger partial charge in [0.15, 0.2) is 24.2 Å². The predicted octanol–water partition coefficient (Wildman–Crippen LogP) is 1.02. The van der Waals surface area contributed by atoms with Crippen molar-refractivity contribution in [2.45, 2.75) is 107 Å². The monoisotopic (exact) mass is 751 g/mol. The van der Waals surface area contributed by atoms with Gasteiger partial charge in [0.1, 0.15) is 24.4 Å². The molecule has 2 aromatic rings. The van der Waals surface area contributed by atoms with Crippen LogP contribution in [0.3, 0.4) is 0 Å². The number of aromatic amines is 1. The van der Waals surface area contributed by atoms with Crippen molar-refractivity contribution in [3.05, 3.63) is 79.1 Å². The van der Waals surface area contributed by atoms with Crippen molar-refractivity contribution < 1.29 is 57.6 Å². The Morgan fingerprint density at radius 2 is 1.81 bits per heavy atom. The Hall–Kier alpha value is -5.02. The first kappa shape index (κ1) is 40.7. The number of esters is 1. The summed E-state index contributed by atoms with van der Waals surface area (Å²) in [6, 6.07) is 3.52. The molecule has 2 aliphatic heterocycles. The topological polar surface area (TPSA) is 274 Å². The molecule has 8 atom stereocenters. The third-order valence-electron chi connectivity index (χ3n) is 8.55. The molecular weight excluding hydrogens is 709 g/mol. The van der Waals surface area contributed by atoms with Gasteiger partial charge in [0, 0.05) is 37.5 Å². The summed E-state index contributed by atoms with van der Waals surface area (Å²) >= 11 is 0. The average Bonchev–Trinajstić information content (AvgIpc) is 3.45. The van der Waals surface area contributed by atoms with Crippen LogP contribution < -0.4 is 22.3 Å². The van der Waals surface area contributed by atoms with Crippen molar-refractivity contribution >= 4 is 29.2 Å². The first-order valence-corrected chi connectivity index (χ1v) is 16.9. The Labute approximate surface area is 301 Å². The smallest absolute Gasteiger partial charge is 0.330 e. The number of methoxy groups -OCH3 is 1. The van der Waals surface area contributed by atoms with E-state index in [1.54, 1.807) is 0 Å². The Morgan fingerprint density at radius 3 is 2.45 bits per heavy atom. The van der Waals surface area contributed by atoms with Gasteiger partial charge in [-0.15, -0.1) is 0 Å². The largest absolute Gasteiger partial charge is 0.456 e. The van der Waals surface area contributed by atoms with Crippen molar-refractivity contribution in [3.63, 3.8) is 0 Å². The van der Waals surface area contributed by atoms with E-state index in [1.807, 2.05) is 0 Å². The van der Waals surface area contributed by atoms with Crippen molar-refractivity contribution in [1.82, 2.24) is 9.55 Å². The van der Waals surface area contributed by atoms with E-state index in [9.17, 15) is 48.7 Å². The van der Waals surface area contributed by atoms with Crippen LogP contribution in [0.15, 0.2) is 51.9 Å². The van der Waals surface area contributed by atoms with Gasteiger partial charge in [-0.1, -0.05) is 45.4 Å². The number of nitro benzene ring substituents is 1. The number of carbonyl (C=O) groups is 3. The molecule has 0 bridgehead atoms. The number of nitrogens with zero attached hydrogens (tertiary/aromatic N) is 2. The van der Waals surface area contributed by atoms with E-state index in [1.165, 1.54) is 7.11 Å². The molecule has 0 aliphatic carbocycles. The molecule has 20 heteroatoms. The van der Waals surface area contributed by atoms with Crippen LogP contribution in [-0.4, -0.2) is 92.5 Å². The number of aliphatic hydroxyl groups is 2. The minimum atomic E-state index is -2.00. The van der Waals surface area contributed by atoms with Crippen LogP contribution in [0.5, 0.6) is 0 Å². The highest BCUT2D eigenvalue weighted by Crippen LogP contribution is 2.36. The molecule has 1 unspecified atom stereocenters. The second kappa shape index (κ2) is 18.6. The summed E-state index contributed by atoms with van der Waals surface area (Å²) in [7, 11) is 1.19. The lowest BCUT2D eigenvalue weighted by molar-refractivity contribution is -0.387. The summed E-state index contributed by atoms with van der Waals surface area (Å²) in [5, 5.41) is 34.6. The van der Waals surface area contributed by atoms with Crippen molar-refractivity contribution in [3.8, 4) is 0 Å². The number of nitrogens with one attached hydrogen (secondary N) is 2. The number of rotatable bonds is 18. The second-order valence-corrected chi connectivity index (χ2v) is 12.4. The molecule has 0 radical (unpaired) electrons. The number of aromatic nitrogens is 2. The molecule has 4 rings (SSSR count). The number of carbonyl (C=O) groups excluding carboxylic acids is 3. The summed E-state index contributed by atoms with van der Waals surface area (Å²) in [5.41, 5.74) is 2.83. The van der Waals surface area contributed by atoms with E-state index in [0.717, 1.165) is 79.6 Å². The summed E-state index contributed by atoms with van der Waals surface area (Å²) < 4.78 is 43.2. The summed E-state index contributed by atoms with van der Waals surface area (Å²) in [6.45, 7) is 2.11. The average molecular weight is 752 g/mol. The first-order valence-electron chi connectivity index (χ1n) is 16.9. The maximum atomic E-state index is 13.8. The number of unbranched alkanes of at least 4 members (excludes halogenated alkanes) is 6. The molecule has 1 saturated heterocycles. The van der Waals surface area contributed by atoms with Gasteiger partial charge in [-0.3, -0.25) is 38.8 Å². The van der Waals surface area contributed by atoms with E-state index in [4.69, 9.17) is 29.4 Å². The number of benzene rings is 1. The van der Waals surface area contributed by atoms with Gasteiger partial charge in [0.2, 0.25) is 18.0 Å². The molecule has 0 spiro atoms. The maximum Gasteiger partial charge on any atom is 0.330 e. The van der Waals surface area contributed by atoms with E-state index in [-0.39, 0.29) is 12.1 Å². The minimum Gasteiger partial charge on any atom is -0.456 e. The van der Waals surface area contributed by atoms with Crippen molar-refractivity contribution in [2.24, 2.45) is 5.73 Å². The van der Waals surface area contributed by atoms with Crippen LogP contribution in [0.4, 0.5) is 15.8 Å². The number of H-pyrrole nitrogens is 1. The minimum absolute atomic E-state index is 0.0107. The van der Waals surface area contributed by atoms with E-state index < -0.39 is 100 Å². The number of halogens is 1. The normalized spacial score (nSPS) is 24.5. The van der Waals surface area contributed by atoms with E-state index in [0.29, 0.717) is 6.42 Å². The highest BCUT2D eigenvalue weighted by Gasteiger charge is 2.54. The third kappa shape index (κ3) is 10.3. The van der Waals surface area contributed by atoms with Gasteiger partial charge >= 0.3 is 17.3 Å². The van der Waals surface area contributed by atoms with Crippen LogP contribution in [-0.2, 0) is 38.1 Å². The number of amides is 2. The zero-order valence-corrected chi connectivity index (χ0v) is 28.9. The van der Waals surface area contributed by atoms with Gasteiger partial charge in [0.05, 0.1) is 4.92 Å². The summed E-state index contributed by atoms with van der Waals surface area (Å²) in [6.07, 6.45) is -5.15. The van der Waals surface area contributed by atoms with Gasteiger partial charge in [0.25, 0.3) is 11.5 Å². The lowest BCUT2D eigenvalue weighted by Crippen LogP contribution is -2.54. The molecule has 53 heavy (non-hydrogen) atoms. The highest BCUT2D eigenvalue weighted by atomic mass is 19.1. The van der Waals surface area contributed by atoms with Crippen LogP contribution in [0.1, 0.15) is 64.5 Å². The van der Waals surface area contributed by atoms with Crippen LogP contribution >= 0.6 is 0 Å². The molecule has 2 amide bonds. The standard InChI is InChI=1S/C33H42FN5O14/c1-3-4-5-6-7-8-9-10-23(42)51-28-25(49-2)26(52-31(28)38-14-13-22(41)37-33(38)46)27(29(35)44)53-32-24(43)20(40)16-21(50-32)30(45)36-17-11-12-18(34)19(15-17)39(47)48/h11-16,20,24-28,31-32,40,43H,3-10H2,1-2H3,(H2,35,44)(H,36,45)(H,37,41,46)/t20-,24-,25+,26-,27?,28+,31+,32+/m0/s1. The summed E-state index contributed by atoms with van der Waals surface area (Å²) in [5.74, 6) is -4.85. The van der Waals surface area contributed by atoms with Crippen molar-refractivity contribution in [2.75, 3.05) is 12.4 Å². The molecule has 1 fully saturated rings. The number of nitro groups is 1. The van der Waals surface area contributed by atoms with Crippen molar-refractivity contribution in [1.29, 1.82) is 0 Å². The molecular formula is C33H42FN5O14. The van der Waals surface area contributed by atoms with Gasteiger partial charge in [-0.2, -0.15) is 4.39 Å². The number of ether oxygens (including phenoxy) is 5. The number of aliphatic hydroxyl groups excluding tert-OH is 2. The van der Waals surface area contributed by atoms with E-state index in [2.05, 4.69) is 17.2 Å². The number of hydrogen-bond donors (Lipinski definition) is 5. The van der Waals surface area contributed by atoms with Crippen LogP contribution in [0.2, 0.25) is 0 Å². The molecule has 19 nitrogen and oxygen atoms in total. The fourth-order valence-corrected chi connectivity index (χ4v) is 5.85. The Balaban J connectivity index is 1.54. The molecule has 0 saturated carbocycles. The highest BCUT2D eigenvalue weighted by molar-refractivity contribution is 6.02. The third-order valence-corrected chi connectivity index (χ3v) is 8.55. The Morgan fingerprint density at radius 1 is 1.11 bits per heavy atom. The van der Waals surface area contributed by atoms with Crippen LogP contribution in [0, 0.1) is 15.9 Å². The van der Waals surface area contributed by atoms with Crippen LogP contribution in [0.25, 0.3) is 0 Å². The summed E-state index contributed by atoms with van der Waals surface area (Å²) in [4.78, 5) is 75.7. The zero-order chi connectivity index (χ0) is 38.8. The number of hydrogen-bond acceptors (Lipinski definition) is 14. The molecule has 1 aromatic heterocycles. The molecule has 3 heterocycles. The van der Waals surface area contributed by atoms with E-state index >= 15 is 0 Å². The number of primary amides is 1. The molecule has 1 aromatic carbocycles. The lowest BCUT2D eigenvalue weighted by atomic mass is 10.0. The Bertz CT molecular complexity index is 1780. The number of anilines is 1. The second-order valence-electron chi connectivity index (χ2n) is 12.4. The zero-order valence-electron chi connectivity index (χ0n) is 28.9. The molecule has 2 aliphatic rings. The first-order chi connectivity index (χ1) is 25.2. The molecule has 6 N–H and O–H groups in total. The fraction of sp³-hybridized carbons (Fsp3) is 0.545. The SMILES string of the molecule is CCCCCCCCCC(=O)O[C@@H]1[C@H](OC)[C@@H](C(O[C@H]2OC(C(=O)Nc3ccc(F)c([N+](=O)[O-])c3)=C[C@H](O)[C@@H]2O)C(N)=O)O[C@H]1n1ccc(=O)[nH]c1=O. The fourth-order valence-electron chi connectivity index (χ4n) is 5.85. The van der Waals surface area contributed by atoms with Gasteiger partial charge in [-0.05, 0) is 24.6 Å². The quantitative estimate of drug-likeness (QED) is 0.0616. The maximum absolute atomic E-state index is 13.8. The predicted molar refractivity (Wildman–Crippen MR) is 179 cm³/mol. The van der Waals surface area contributed by atoms with Gasteiger partial charge in [-0.25, -0.2) is 4.79 Å². The Kier molecular flexibility index (Phi) is 14.3. The lowest BCUT2D eigenvalue weighted by Gasteiger charge is -2.35.